The highest BCUT2D eigenvalue weighted by atomic mass is 35.5. The number of halogens is 2. The van der Waals surface area contributed by atoms with Gasteiger partial charge in [-0.15, -0.1) is 0 Å². The van der Waals surface area contributed by atoms with Gasteiger partial charge in [-0.05, 0) is 57.3 Å². The summed E-state index contributed by atoms with van der Waals surface area (Å²) < 4.78 is 13.0. The third-order valence-corrected chi connectivity index (χ3v) is 5.81. The number of rotatable bonds is 7. The van der Waals surface area contributed by atoms with E-state index in [0.29, 0.717) is 16.0 Å². The Labute approximate surface area is 153 Å². The molecular formula is C17H30Cl2O2Si2. The lowest BCUT2D eigenvalue weighted by atomic mass is 9.96. The van der Waals surface area contributed by atoms with E-state index in [4.69, 9.17) is 32.1 Å². The monoisotopic (exact) mass is 392 g/mol. The van der Waals surface area contributed by atoms with Crippen LogP contribution in [0.2, 0.25) is 49.3 Å². The first kappa shape index (κ1) is 21.2. The van der Waals surface area contributed by atoms with Crippen LogP contribution in [-0.2, 0) is 8.85 Å². The summed E-state index contributed by atoms with van der Waals surface area (Å²) in [5.74, 6) is 0.301. The lowest BCUT2D eigenvalue weighted by Crippen LogP contribution is -2.42. The van der Waals surface area contributed by atoms with E-state index in [0.717, 1.165) is 5.56 Å². The van der Waals surface area contributed by atoms with Crippen molar-refractivity contribution in [2.45, 2.75) is 65.3 Å². The molecule has 0 aliphatic heterocycles. The van der Waals surface area contributed by atoms with Crippen LogP contribution in [0.1, 0.15) is 25.5 Å². The quantitative estimate of drug-likeness (QED) is 0.476. The molecule has 0 amide bonds. The van der Waals surface area contributed by atoms with Gasteiger partial charge in [0.05, 0.1) is 12.2 Å². The largest absolute Gasteiger partial charge is 0.412 e. The Balaban J connectivity index is 3.38. The van der Waals surface area contributed by atoms with Gasteiger partial charge in [0.2, 0.25) is 0 Å². The highest BCUT2D eigenvalue weighted by Gasteiger charge is 2.37. The molecule has 0 spiro atoms. The van der Waals surface area contributed by atoms with E-state index in [2.05, 4.69) is 53.1 Å². The molecule has 132 valence electrons. The third-order valence-electron chi connectivity index (χ3n) is 3.21. The molecule has 0 bridgehead atoms. The maximum absolute atomic E-state index is 6.52. The molecule has 1 aromatic carbocycles. The van der Waals surface area contributed by atoms with E-state index in [9.17, 15) is 0 Å². The highest BCUT2D eigenvalue weighted by Crippen LogP contribution is 2.40. The average Bonchev–Trinajstić information content (AvgIpc) is 2.31. The second-order valence-electron chi connectivity index (χ2n) is 8.23. The molecule has 0 saturated heterocycles. The zero-order valence-electron chi connectivity index (χ0n) is 15.5. The van der Waals surface area contributed by atoms with Crippen LogP contribution in [0.25, 0.3) is 0 Å². The summed E-state index contributed by atoms with van der Waals surface area (Å²) in [6, 6.07) is 5.61. The van der Waals surface area contributed by atoms with E-state index in [-0.39, 0.29) is 12.2 Å². The second-order valence-corrected chi connectivity index (χ2v) is 18.0. The third kappa shape index (κ3) is 6.88. The molecule has 2 nitrogen and oxygen atoms in total. The summed E-state index contributed by atoms with van der Waals surface area (Å²) in [5, 5.41) is 1.29. The molecule has 2 atom stereocenters. The van der Waals surface area contributed by atoms with Crippen LogP contribution in [-0.4, -0.2) is 22.7 Å². The predicted molar refractivity (Wildman–Crippen MR) is 107 cm³/mol. The van der Waals surface area contributed by atoms with Crippen molar-refractivity contribution in [1.29, 1.82) is 0 Å². The minimum Gasteiger partial charge on any atom is -0.412 e. The van der Waals surface area contributed by atoms with Crippen molar-refractivity contribution in [3.63, 3.8) is 0 Å². The Bertz CT molecular complexity index is 502. The van der Waals surface area contributed by atoms with Gasteiger partial charge < -0.3 is 8.85 Å². The zero-order chi connectivity index (χ0) is 18.0. The van der Waals surface area contributed by atoms with E-state index in [1.54, 1.807) is 0 Å². The fraction of sp³-hybridized carbons (Fsp3) is 0.647. The van der Waals surface area contributed by atoms with Gasteiger partial charge in [0.25, 0.3) is 0 Å². The van der Waals surface area contributed by atoms with Gasteiger partial charge in [-0.3, -0.25) is 0 Å². The van der Waals surface area contributed by atoms with Crippen LogP contribution in [0.15, 0.2) is 18.2 Å². The average molecular weight is 394 g/mol. The molecule has 1 aromatic rings. The van der Waals surface area contributed by atoms with Crippen molar-refractivity contribution in [2.24, 2.45) is 5.92 Å². The molecule has 0 aliphatic carbocycles. The molecule has 0 saturated carbocycles. The lowest BCUT2D eigenvalue weighted by Gasteiger charge is -2.39. The molecule has 0 fully saturated rings. The standard InChI is InChI=1S/C17H30Cl2O2Si2/c1-12(2)16(20-22(3,4)5)17(21-23(6,7)8)15-13(18)10-9-11-14(15)19/h9-12,16-17H,1-8H3/t16-,17-/m1/s1. The number of hydrogen-bond acceptors (Lipinski definition) is 2. The van der Waals surface area contributed by atoms with Crippen LogP contribution in [0.5, 0.6) is 0 Å². The molecule has 23 heavy (non-hydrogen) atoms. The van der Waals surface area contributed by atoms with Crippen LogP contribution in [0, 0.1) is 5.92 Å². The Hall–Kier alpha value is 0.154. The Kier molecular flexibility index (Phi) is 7.39. The number of hydrogen-bond donors (Lipinski definition) is 0. The first-order valence-electron chi connectivity index (χ1n) is 8.11. The van der Waals surface area contributed by atoms with Crippen molar-refractivity contribution >= 4 is 39.8 Å². The fourth-order valence-electron chi connectivity index (χ4n) is 2.41. The summed E-state index contributed by atoms with van der Waals surface area (Å²) in [6.07, 6.45) is -0.305. The molecule has 0 N–H and O–H groups in total. The maximum Gasteiger partial charge on any atom is 0.184 e. The maximum atomic E-state index is 6.52. The number of benzene rings is 1. The molecule has 0 unspecified atom stereocenters. The van der Waals surface area contributed by atoms with Crippen LogP contribution >= 0.6 is 23.2 Å². The van der Waals surface area contributed by atoms with Gasteiger partial charge in [0.15, 0.2) is 16.6 Å². The van der Waals surface area contributed by atoms with Crippen molar-refractivity contribution in [3.8, 4) is 0 Å². The van der Waals surface area contributed by atoms with Crippen molar-refractivity contribution < 1.29 is 8.85 Å². The summed E-state index contributed by atoms with van der Waals surface area (Å²) in [5.41, 5.74) is 0.857. The van der Waals surface area contributed by atoms with Crippen LogP contribution in [0.3, 0.4) is 0 Å². The second kappa shape index (κ2) is 8.02. The summed E-state index contributed by atoms with van der Waals surface area (Å²) in [6.45, 7) is 17.4. The van der Waals surface area contributed by atoms with E-state index in [1.807, 2.05) is 18.2 Å². The normalized spacial score (nSPS) is 15.8. The van der Waals surface area contributed by atoms with Crippen molar-refractivity contribution in [1.82, 2.24) is 0 Å². The van der Waals surface area contributed by atoms with Gasteiger partial charge in [0.1, 0.15) is 0 Å². The van der Waals surface area contributed by atoms with Gasteiger partial charge in [-0.2, -0.15) is 0 Å². The zero-order valence-corrected chi connectivity index (χ0v) is 19.0. The first-order valence-corrected chi connectivity index (χ1v) is 15.7. The molecule has 0 radical (unpaired) electrons. The molecule has 0 heterocycles. The molecule has 0 aromatic heterocycles. The summed E-state index contributed by atoms with van der Waals surface area (Å²) in [4.78, 5) is 0. The molecule has 1 rings (SSSR count). The minimum absolute atomic E-state index is 0.0641. The van der Waals surface area contributed by atoms with Gasteiger partial charge in [-0.1, -0.05) is 43.1 Å². The van der Waals surface area contributed by atoms with Gasteiger partial charge in [0, 0.05) is 15.6 Å². The van der Waals surface area contributed by atoms with E-state index >= 15 is 0 Å². The summed E-state index contributed by atoms with van der Waals surface area (Å²) >= 11 is 13.0. The highest BCUT2D eigenvalue weighted by molar-refractivity contribution is 6.70. The van der Waals surface area contributed by atoms with E-state index < -0.39 is 16.6 Å². The van der Waals surface area contributed by atoms with Gasteiger partial charge >= 0.3 is 0 Å². The first-order chi connectivity index (χ1) is 10.3. The minimum atomic E-state index is -1.81. The smallest absolute Gasteiger partial charge is 0.184 e. The molecule has 6 heteroatoms. The van der Waals surface area contributed by atoms with Crippen LogP contribution < -0.4 is 0 Å². The summed E-state index contributed by atoms with van der Waals surface area (Å²) in [7, 11) is -3.55. The van der Waals surface area contributed by atoms with Crippen LogP contribution in [0.4, 0.5) is 0 Å². The van der Waals surface area contributed by atoms with Crippen molar-refractivity contribution in [2.75, 3.05) is 0 Å². The molecular weight excluding hydrogens is 363 g/mol. The Morgan fingerprint density at radius 3 is 1.61 bits per heavy atom. The topological polar surface area (TPSA) is 18.5 Å². The SMILES string of the molecule is CC(C)[C@@H](O[Si](C)(C)C)[C@H](O[Si](C)(C)C)c1c(Cl)cccc1Cl. The Morgan fingerprint density at radius 2 is 1.26 bits per heavy atom. The predicted octanol–water partition coefficient (Wildman–Crippen LogP) is 6.76. The fourth-order valence-corrected chi connectivity index (χ4v) is 5.25. The van der Waals surface area contributed by atoms with Crippen molar-refractivity contribution in [3.05, 3.63) is 33.8 Å². The molecule has 0 aliphatic rings. The Morgan fingerprint density at radius 1 is 0.826 bits per heavy atom. The lowest BCUT2D eigenvalue weighted by molar-refractivity contribution is 0.0140. The van der Waals surface area contributed by atoms with Gasteiger partial charge in [-0.25, -0.2) is 0 Å². The van der Waals surface area contributed by atoms with E-state index in [1.165, 1.54) is 0 Å².